The number of esters is 2. The molecule has 0 unspecified atom stereocenters. The van der Waals surface area contributed by atoms with E-state index in [4.69, 9.17) is 24.4 Å². The lowest BCUT2D eigenvalue weighted by atomic mass is 9.83. The van der Waals surface area contributed by atoms with Crippen molar-refractivity contribution in [1.29, 1.82) is 0 Å². The van der Waals surface area contributed by atoms with Crippen LogP contribution in [0.2, 0.25) is 0 Å². The Labute approximate surface area is 140 Å². The lowest BCUT2D eigenvalue weighted by Gasteiger charge is -2.32. The first-order valence-electron chi connectivity index (χ1n) is 6.98. The van der Waals surface area contributed by atoms with Gasteiger partial charge in [-0.2, -0.15) is 0 Å². The Bertz CT molecular complexity index is 470. The van der Waals surface area contributed by atoms with Crippen LogP contribution in [-0.2, 0) is 28.6 Å². The molecule has 0 aromatic rings. The Kier molecular flexibility index (Phi) is 10.0. The van der Waals surface area contributed by atoms with Crippen molar-refractivity contribution in [3.05, 3.63) is 37.5 Å². The van der Waals surface area contributed by atoms with E-state index in [-0.39, 0.29) is 45.0 Å². The molecule has 2 N–H and O–H groups in total. The van der Waals surface area contributed by atoms with Gasteiger partial charge in [-0.15, -0.1) is 0 Å². The molecule has 0 amide bonds. The third-order valence-electron chi connectivity index (χ3n) is 2.91. The van der Waals surface area contributed by atoms with E-state index in [1.165, 1.54) is 0 Å². The van der Waals surface area contributed by atoms with Gasteiger partial charge < -0.3 is 24.4 Å². The predicted octanol–water partition coefficient (Wildman–Crippen LogP) is 0.471. The molecule has 0 rings (SSSR count). The van der Waals surface area contributed by atoms with Crippen LogP contribution in [0, 0.1) is 5.41 Å². The molecule has 24 heavy (non-hydrogen) atoms. The van der Waals surface area contributed by atoms with Crippen LogP contribution in [0.1, 0.15) is 6.42 Å². The number of aliphatic hydroxyl groups excluding tert-OH is 1. The maximum atomic E-state index is 11.3. The van der Waals surface area contributed by atoms with E-state index < -0.39 is 23.3 Å². The SMILES string of the molecule is C=CC(=O)OCC(COCCO)(COC(=O)C=C)CC(=C)C(=O)O. The van der Waals surface area contributed by atoms with Crippen molar-refractivity contribution in [2.75, 3.05) is 33.0 Å². The number of ether oxygens (including phenoxy) is 3. The molecule has 0 aromatic carbocycles. The molecule has 0 aliphatic carbocycles. The number of carboxylic acid groups (broad SMARTS) is 1. The molecular weight excluding hydrogens is 320 g/mol. The molecule has 0 bridgehead atoms. The van der Waals surface area contributed by atoms with E-state index >= 15 is 0 Å². The van der Waals surface area contributed by atoms with Crippen LogP contribution in [0.3, 0.4) is 0 Å². The van der Waals surface area contributed by atoms with Gasteiger partial charge in [-0.1, -0.05) is 19.7 Å². The molecule has 0 aromatic heterocycles. The summed E-state index contributed by atoms with van der Waals surface area (Å²) in [7, 11) is 0. The number of hydrogen-bond acceptors (Lipinski definition) is 7. The molecule has 0 aliphatic heterocycles. The molecule has 8 nitrogen and oxygen atoms in total. The fourth-order valence-electron chi connectivity index (χ4n) is 1.73. The topological polar surface area (TPSA) is 119 Å². The smallest absolute Gasteiger partial charge is 0.330 e. The number of carbonyl (C=O) groups is 3. The normalized spacial score (nSPS) is 10.5. The minimum absolute atomic E-state index is 0.0217. The van der Waals surface area contributed by atoms with Gasteiger partial charge in [-0.05, 0) is 6.42 Å². The van der Waals surface area contributed by atoms with Crippen LogP contribution in [0.25, 0.3) is 0 Å². The molecule has 0 heterocycles. The van der Waals surface area contributed by atoms with Crippen LogP contribution in [0.15, 0.2) is 37.5 Å². The van der Waals surface area contributed by atoms with Gasteiger partial charge in [0.1, 0.15) is 13.2 Å². The molecule has 0 aliphatic rings. The molecule has 0 atom stereocenters. The highest BCUT2D eigenvalue weighted by Crippen LogP contribution is 2.28. The summed E-state index contributed by atoms with van der Waals surface area (Å²) >= 11 is 0. The number of hydrogen-bond donors (Lipinski definition) is 2. The number of aliphatic carboxylic acids is 1. The number of rotatable bonds is 13. The quantitative estimate of drug-likeness (QED) is 0.282. The average Bonchev–Trinajstić information content (AvgIpc) is 2.57. The van der Waals surface area contributed by atoms with Gasteiger partial charge in [0.05, 0.1) is 25.2 Å². The summed E-state index contributed by atoms with van der Waals surface area (Å²) in [6.45, 7) is 8.97. The second-order valence-electron chi connectivity index (χ2n) is 4.99. The summed E-state index contributed by atoms with van der Waals surface area (Å²) in [5, 5.41) is 17.8. The number of aliphatic hydroxyl groups is 1. The summed E-state index contributed by atoms with van der Waals surface area (Å²) in [6.07, 6.45) is 1.73. The monoisotopic (exact) mass is 342 g/mol. The highest BCUT2D eigenvalue weighted by Gasteiger charge is 2.36. The van der Waals surface area contributed by atoms with Crippen LogP contribution in [0.4, 0.5) is 0 Å². The fraction of sp³-hybridized carbons (Fsp3) is 0.438. The van der Waals surface area contributed by atoms with E-state index in [9.17, 15) is 14.4 Å². The van der Waals surface area contributed by atoms with Crippen molar-refractivity contribution in [2.45, 2.75) is 6.42 Å². The third kappa shape index (κ3) is 8.25. The first-order chi connectivity index (χ1) is 11.3. The second-order valence-corrected chi connectivity index (χ2v) is 4.99. The lowest BCUT2D eigenvalue weighted by Crippen LogP contribution is -2.40. The molecule has 0 spiro atoms. The highest BCUT2D eigenvalue weighted by molar-refractivity contribution is 5.86. The summed E-state index contributed by atoms with van der Waals surface area (Å²) < 4.78 is 15.2. The average molecular weight is 342 g/mol. The van der Waals surface area contributed by atoms with E-state index in [0.717, 1.165) is 12.2 Å². The minimum Gasteiger partial charge on any atom is -0.478 e. The van der Waals surface area contributed by atoms with Crippen molar-refractivity contribution < 1.29 is 38.8 Å². The highest BCUT2D eigenvalue weighted by atomic mass is 16.6. The first kappa shape index (κ1) is 21.6. The predicted molar refractivity (Wildman–Crippen MR) is 84.0 cm³/mol. The van der Waals surface area contributed by atoms with Crippen molar-refractivity contribution in [2.24, 2.45) is 5.41 Å². The van der Waals surface area contributed by atoms with Gasteiger partial charge in [-0.3, -0.25) is 0 Å². The second kappa shape index (κ2) is 11.1. The summed E-state index contributed by atoms with van der Waals surface area (Å²) in [4.78, 5) is 33.7. The Morgan fingerprint density at radius 2 is 1.50 bits per heavy atom. The minimum atomic E-state index is -1.24. The van der Waals surface area contributed by atoms with Crippen LogP contribution in [0.5, 0.6) is 0 Å². The van der Waals surface area contributed by atoms with Gasteiger partial charge in [0.2, 0.25) is 0 Å². The Balaban J connectivity index is 5.32. The van der Waals surface area contributed by atoms with Crippen molar-refractivity contribution in [1.82, 2.24) is 0 Å². The summed E-state index contributed by atoms with van der Waals surface area (Å²) in [5.74, 6) is -2.69. The van der Waals surface area contributed by atoms with E-state index in [0.29, 0.717) is 0 Å². The Morgan fingerprint density at radius 3 is 1.88 bits per heavy atom. The Morgan fingerprint density at radius 1 is 1.00 bits per heavy atom. The van der Waals surface area contributed by atoms with Gasteiger partial charge in [0.15, 0.2) is 0 Å². The number of carboxylic acids is 1. The first-order valence-corrected chi connectivity index (χ1v) is 6.98. The zero-order chi connectivity index (χ0) is 18.6. The van der Waals surface area contributed by atoms with Crippen molar-refractivity contribution in [3.63, 3.8) is 0 Å². The van der Waals surface area contributed by atoms with E-state index in [2.05, 4.69) is 19.7 Å². The van der Waals surface area contributed by atoms with E-state index in [1.54, 1.807) is 0 Å². The molecule has 134 valence electrons. The van der Waals surface area contributed by atoms with Gasteiger partial charge in [-0.25, -0.2) is 14.4 Å². The number of carbonyl (C=O) groups excluding carboxylic acids is 2. The summed E-state index contributed by atoms with van der Waals surface area (Å²) in [6, 6.07) is 0. The zero-order valence-electron chi connectivity index (χ0n) is 13.4. The maximum Gasteiger partial charge on any atom is 0.330 e. The molecule has 0 saturated heterocycles. The zero-order valence-corrected chi connectivity index (χ0v) is 13.4. The standard InChI is InChI=1S/C16H22O8/c1-4-13(18)23-10-16(9-22-7-6-17,8-12(3)15(20)21)11-24-14(19)5-2/h4-5,17H,1-3,6-11H2,(H,20,21). The van der Waals surface area contributed by atoms with E-state index in [1.807, 2.05) is 0 Å². The third-order valence-corrected chi connectivity index (χ3v) is 2.91. The Hall–Kier alpha value is -2.45. The maximum absolute atomic E-state index is 11.3. The fourth-order valence-corrected chi connectivity index (χ4v) is 1.73. The lowest BCUT2D eigenvalue weighted by molar-refractivity contribution is -0.152. The van der Waals surface area contributed by atoms with Crippen LogP contribution in [-0.4, -0.2) is 61.2 Å². The molecule has 0 saturated carbocycles. The largest absolute Gasteiger partial charge is 0.478 e. The van der Waals surface area contributed by atoms with Gasteiger partial charge >= 0.3 is 17.9 Å². The molecule has 8 heteroatoms. The van der Waals surface area contributed by atoms with Crippen LogP contribution >= 0.6 is 0 Å². The van der Waals surface area contributed by atoms with Crippen LogP contribution < -0.4 is 0 Å². The van der Waals surface area contributed by atoms with Gasteiger partial charge in [0, 0.05) is 17.7 Å². The van der Waals surface area contributed by atoms with Gasteiger partial charge in [0.25, 0.3) is 0 Å². The van der Waals surface area contributed by atoms with Crippen molar-refractivity contribution in [3.8, 4) is 0 Å². The molecule has 0 radical (unpaired) electrons. The summed E-state index contributed by atoms with van der Waals surface area (Å²) in [5.41, 5.74) is -1.35. The molecular formula is C16H22O8. The van der Waals surface area contributed by atoms with Crippen molar-refractivity contribution >= 4 is 17.9 Å². The molecule has 0 fully saturated rings.